The Balaban J connectivity index is 1.11. The van der Waals surface area contributed by atoms with Crippen molar-refractivity contribution < 1.29 is 18.3 Å². The van der Waals surface area contributed by atoms with Crippen LogP contribution in [0.4, 0.5) is 11.5 Å². The van der Waals surface area contributed by atoms with Crippen LogP contribution in [0.1, 0.15) is 49.5 Å². The number of aliphatic hydroxyl groups is 1. The van der Waals surface area contributed by atoms with Crippen LogP contribution in [0.15, 0.2) is 47.4 Å². The summed E-state index contributed by atoms with van der Waals surface area (Å²) in [5.41, 5.74) is 0.858. The second-order valence-corrected chi connectivity index (χ2v) is 13.2. The Labute approximate surface area is 218 Å². The van der Waals surface area contributed by atoms with Crippen molar-refractivity contribution in [3.05, 3.63) is 48.2 Å². The van der Waals surface area contributed by atoms with Gasteiger partial charge < -0.3 is 20.2 Å². The van der Waals surface area contributed by atoms with Crippen LogP contribution in [0.2, 0.25) is 0 Å². The lowest BCUT2D eigenvalue weighted by molar-refractivity contribution is -0.136. The fraction of sp³-hybridized carbons (Fsp3) is 0.556. The largest absolute Gasteiger partial charge is 0.390 e. The van der Waals surface area contributed by atoms with Gasteiger partial charge in [0, 0.05) is 37.4 Å². The summed E-state index contributed by atoms with van der Waals surface area (Å²) in [6.45, 7) is 4.33. The Bertz CT molecular complexity index is 1280. The van der Waals surface area contributed by atoms with Crippen LogP contribution in [0, 0.1) is 17.8 Å². The van der Waals surface area contributed by atoms with Crippen molar-refractivity contribution in [1.29, 1.82) is 0 Å². The third-order valence-electron chi connectivity index (χ3n) is 8.96. The number of hydrogen-bond acceptors (Lipinski definition) is 7. The minimum atomic E-state index is -3.71. The van der Waals surface area contributed by atoms with E-state index in [-0.39, 0.29) is 22.9 Å². The molecule has 1 amide bonds. The molecule has 4 aliphatic carbocycles. The number of sulfonamides is 1. The first-order valence-corrected chi connectivity index (χ1v) is 14.8. The predicted octanol–water partition coefficient (Wildman–Crippen LogP) is 2.11. The van der Waals surface area contributed by atoms with E-state index in [0.717, 1.165) is 63.2 Å². The number of amides is 1. The van der Waals surface area contributed by atoms with Gasteiger partial charge in [0.15, 0.2) is 0 Å². The number of hydrogen-bond donors (Lipinski definition) is 3. The predicted molar refractivity (Wildman–Crippen MR) is 141 cm³/mol. The Morgan fingerprint density at radius 3 is 2.41 bits per heavy atom. The Kier molecular flexibility index (Phi) is 5.96. The molecule has 10 heteroatoms. The van der Waals surface area contributed by atoms with Crippen LogP contribution in [0.5, 0.6) is 0 Å². The summed E-state index contributed by atoms with van der Waals surface area (Å²) in [7, 11) is -3.71. The number of primary sulfonamides is 1. The molecule has 4 N–H and O–H groups in total. The van der Waals surface area contributed by atoms with Gasteiger partial charge in [-0.2, -0.15) is 0 Å². The van der Waals surface area contributed by atoms with Gasteiger partial charge in [-0.05, 0) is 93.2 Å². The van der Waals surface area contributed by atoms with Crippen LogP contribution in [-0.2, 0) is 10.0 Å². The molecule has 1 aromatic carbocycles. The van der Waals surface area contributed by atoms with Crippen LogP contribution in [0.3, 0.4) is 0 Å². The number of pyridine rings is 1. The number of nitrogens with two attached hydrogens (primary N) is 1. The molecule has 7 rings (SSSR count). The van der Waals surface area contributed by atoms with Crippen molar-refractivity contribution in [2.75, 3.05) is 29.4 Å². The number of aromatic nitrogens is 1. The Morgan fingerprint density at radius 2 is 1.78 bits per heavy atom. The maximum Gasteiger partial charge on any atom is 0.270 e. The van der Waals surface area contributed by atoms with Crippen molar-refractivity contribution in [2.24, 2.45) is 22.9 Å². The van der Waals surface area contributed by atoms with Gasteiger partial charge in [0.2, 0.25) is 10.0 Å². The highest BCUT2D eigenvalue weighted by Crippen LogP contribution is 2.55. The minimum absolute atomic E-state index is 0.103. The summed E-state index contributed by atoms with van der Waals surface area (Å²) < 4.78 is 23.1. The summed E-state index contributed by atoms with van der Waals surface area (Å²) in [4.78, 5) is 22.5. The minimum Gasteiger partial charge on any atom is -0.390 e. The van der Waals surface area contributed by atoms with Gasteiger partial charge in [-0.1, -0.05) is 6.07 Å². The van der Waals surface area contributed by atoms with E-state index in [1.807, 2.05) is 12.1 Å². The molecule has 4 saturated carbocycles. The molecule has 9 nitrogen and oxygen atoms in total. The van der Waals surface area contributed by atoms with Gasteiger partial charge in [0.1, 0.15) is 11.5 Å². The summed E-state index contributed by atoms with van der Waals surface area (Å²) in [5, 5.41) is 19.4. The summed E-state index contributed by atoms with van der Waals surface area (Å²) in [6.07, 6.45) is 4.72. The van der Waals surface area contributed by atoms with Gasteiger partial charge in [-0.3, -0.25) is 4.79 Å². The zero-order chi connectivity index (χ0) is 25.9. The number of benzene rings is 1. The van der Waals surface area contributed by atoms with E-state index in [1.165, 1.54) is 12.1 Å². The molecule has 0 radical (unpaired) electrons. The molecule has 2 unspecified atom stereocenters. The molecular formula is C27H35N5O4S. The molecule has 2 aromatic rings. The molecule has 37 heavy (non-hydrogen) atoms. The number of nitrogens with zero attached hydrogens (tertiary/aromatic N) is 3. The van der Waals surface area contributed by atoms with Crippen LogP contribution in [-0.4, -0.2) is 61.7 Å². The Morgan fingerprint density at radius 1 is 1.08 bits per heavy atom. The molecule has 3 atom stereocenters. The van der Waals surface area contributed by atoms with Gasteiger partial charge in [-0.15, -0.1) is 0 Å². The zero-order valence-corrected chi connectivity index (χ0v) is 21.9. The van der Waals surface area contributed by atoms with Crippen molar-refractivity contribution >= 4 is 27.4 Å². The van der Waals surface area contributed by atoms with E-state index in [4.69, 9.17) is 10.1 Å². The molecule has 198 valence electrons. The average molecular weight is 526 g/mol. The quantitative estimate of drug-likeness (QED) is 0.545. The highest BCUT2D eigenvalue weighted by Gasteiger charge is 2.55. The SMILES string of the molecule is C[C@@H]1CN(c2ccc(S(N)(=O)=O)cc2)CCN1c1cccc(C(=O)NC2C3CC4CC2CC(O)(C4)C3)n1. The zero-order valence-electron chi connectivity index (χ0n) is 21.1. The lowest BCUT2D eigenvalue weighted by atomic mass is 9.52. The molecule has 4 bridgehead atoms. The van der Waals surface area contributed by atoms with E-state index in [9.17, 15) is 18.3 Å². The molecule has 1 aliphatic heterocycles. The number of carbonyl (C=O) groups excluding carboxylic acids is 1. The van der Waals surface area contributed by atoms with Crippen molar-refractivity contribution in [3.63, 3.8) is 0 Å². The van der Waals surface area contributed by atoms with E-state index < -0.39 is 15.6 Å². The summed E-state index contributed by atoms with van der Waals surface area (Å²) >= 11 is 0. The van der Waals surface area contributed by atoms with Crippen LogP contribution < -0.4 is 20.3 Å². The average Bonchev–Trinajstić information content (AvgIpc) is 2.85. The van der Waals surface area contributed by atoms with Gasteiger partial charge in [0.05, 0.1) is 10.5 Å². The molecular weight excluding hydrogens is 490 g/mol. The van der Waals surface area contributed by atoms with Crippen LogP contribution in [0.25, 0.3) is 0 Å². The lowest BCUT2D eigenvalue weighted by Crippen LogP contribution is -2.61. The molecule has 5 aliphatic rings. The fourth-order valence-corrected chi connectivity index (χ4v) is 8.05. The van der Waals surface area contributed by atoms with Gasteiger partial charge in [-0.25, -0.2) is 18.5 Å². The highest BCUT2D eigenvalue weighted by atomic mass is 32.2. The number of carbonyl (C=O) groups is 1. The van der Waals surface area contributed by atoms with Crippen molar-refractivity contribution in [2.45, 2.75) is 61.6 Å². The van der Waals surface area contributed by atoms with E-state index in [1.54, 1.807) is 18.2 Å². The number of piperazine rings is 1. The monoisotopic (exact) mass is 525 g/mol. The second kappa shape index (κ2) is 8.96. The summed E-state index contributed by atoms with van der Waals surface area (Å²) in [5.74, 6) is 1.96. The molecule has 2 heterocycles. The van der Waals surface area contributed by atoms with E-state index in [0.29, 0.717) is 23.4 Å². The summed E-state index contributed by atoms with van der Waals surface area (Å²) in [6, 6.07) is 12.5. The third kappa shape index (κ3) is 4.70. The Hall–Kier alpha value is -2.69. The standard InChI is InChI=1S/C27H35N5O4S/c1-17-16-31(21-5-7-22(8-6-21)37(28,35)36)9-10-32(17)24-4-2-3-23(29-24)26(33)30-25-19-11-18-12-20(25)15-27(34,13-18)14-19/h2-8,17-20,25,34H,9-16H2,1H3,(H,30,33)(H2,28,35,36)/t17-,18?,19?,20?,25?,27?/m1/s1. The first-order chi connectivity index (χ1) is 17.6. The number of rotatable bonds is 5. The van der Waals surface area contributed by atoms with Crippen LogP contribution >= 0.6 is 0 Å². The number of nitrogens with one attached hydrogen (secondary N) is 1. The normalized spacial score (nSPS) is 33.0. The second-order valence-electron chi connectivity index (χ2n) is 11.6. The van der Waals surface area contributed by atoms with E-state index >= 15 is 0 Å². The first-order valence-electron chi connectivity index (χ1n) is 13.2. The topological polar surface area (TPSA) is 129 Å². The maximum atomic E-state index is 13.3. The van der Waals surface area contributed by atoms with E-state index in [2.05, 4.69) is 22.0 Å². The smallest absolute Gasteiger partial charge is 0.270 e. The molecule has 1 aromatic heterocycles. The van der Waals surface area contributed by atoms with Gasteiger partial charge in [0.25, 0.3) is 5.91 Å². The first kappa shape index (κ1) is 24.6. The number of anilines is 2. The lowest BCUT2D eigenvalue weighted by Gasteiger charge is -2.58. The fourth-order valence-electron chi connectivity index (χ4n) is 7.53. The molecule has 0 spiro atoms. The van der Waals surface area contributed by atoms with Crippen molar-refractivity contribution in [1.82, 2.24) is 10.3 Å². The van der Waals surface area contributed by atoms with Crippen molar-refractivity contribution in [3.8, 4) is 0 Å². The van der Waals surface area contributed by atoms with Gasteiger partial charge >= 0.3 is 0 Å². The molecule has 1 saturated heterocycles. The highest BCUT2D eigenvalue weighted by molar-refractivity contribution is 7.89. The molecule has 5 fully saturated rings. The maximum absolute atomic E-state index is 13.3. The third-order valence-corrected chi connectivity index (χ3v) is 9.89.